The molecule has 0 saturated carbocycles. The predicted octanol–water partition coefficient (Wildman–Crippen LogP) is 1.32. The summed E-state index contributed by atoms with van der Waals surface area (Å²) in [5, 5.41) is 6.32. The van der Waals surface area contributed by atoms with Crippen LogP contribution < -0.4 is 5.32 Å². The van der Waals surface area contributed by atoms with E-state index in [1.165, 1.54) is 0 Å². The fourth-order valence-corrected chi connectivity index (χ4v) is 2.09. The Balaban J connectivity index is 2.52. The van der Waals surface area contributed by atoms with Crippen LogP contribution in [0.25, 0.3) is 0 Å². The first kappa shape index (κ1) is 12.2. The lowest BCUT2D eigenvalue weighted by Gasteiger charge is -2.15. The molecule has 0 aliphatic heterocycles. The van der Waals surface area contributed by atoms with Gasteiger partial charge in [0.25, 0.3) is 0 Å². The number of nitrogens with zero attached hydrogens (tertiary/aromatic N) is 2. The smallest absolute Gasteiger partial charge is 0.107 e. The van der Waals surface area contributed by atoms with Gasteiger partial charge in [0.2, 0.25) is 0 Å². The lowest BCUT2D eigenvalue weighted by Crippen LogP contribution is -2.23. The summed E-state index contributed by atoms with van der Waals surface area (Å²) in [6.45, 7) is 5.45. The highest BCUT2D eigenvalue weighted by Crippen LogP contribution is 2.11. The van der Waals surface area contributed by atoms with Crippen LogP contribution in [0.5, 0.6) is 0 Å². The average molecular weight is 223 g/mol. The Bertz CT molecular complexity index is 327. The molecule has 0 spiro atoms. The molecule has 1 rings (SSSR count). The van der Waals surface area contributed by atoms with Crippen LogP contribution in [-0.2, 0) is 13.1 Å². The minimum absolute atomic E-state index is 0.690. The van der Waals surface area contributed by atoms with Crippen molar-refractivity contribution in [3.63, 3.8) is 0 Å². The number of hydrogen-bond donors (Lipinski definition) is 1. The van der Waals surface area contributed by atoms with Crippen LogP contribution in [0.3, 0.4) is 0 Å². The molecule has 4 heteroatoms. The van der Waals surface area contributed by atoms with E-state index >= 15 is 0 Å². The molecule has 1 heterocycles. The van der Waals surface area contributed by atoms with Crippen molar-refractivity contribution < 1.29 is 0 Å². The second-order valence-corrected chi connectivity index (χ2v) is 4.21. The number of nitrogens with one attached hydrogen (secondary N) is 1. The van der Waals surface area contributed by atoms with E-state index in [1.54, 1.807) is 11.3 Å². The molecule has 0 radical (unpaired) electrons. The molecular formula is C11H17N3S. The third-order valence-corrected chi connectivity index (χ3v) is 2.97. The summed E-state index contributed by atoms with van der Waals surface area (Å²) in [6.07, 6.45) is 5.29. The number of hydrogen-bond acceptors (Lipinski definition) is 4. The monoisotopic (exact) mass is 223 g/mol. The summed E-state index contributed by atoms with van der Waals surface area (Å²) < 4.78 is 0. The van der Waals surface area contributed by atoms with Gasteiger partial charge in [-0.3, -0.25) is 4.90 Å². The average Bonchev–Trinajstić information content (AvgIpc) is 2.66. The van der Waals surface area contributed by atoms with Crippen LogP contribution in [0.15, 0.2) is 5.38 Å². The van der Waals surface area contributed by atoms with Gasteiger partial charge in [-0.2, -0.15) is 0 Å². The van der Waals surface area contributed by atoms with E-state index in [0.717, 1.165) is 30.3 Å². The molecule has 0 bridgehead atoms. The first-order valence-corrected chi connectivity index (χ1v) is 5.91. The van der Waals surface area contributed by atoms with Gasteiger partial charge >= 0.3 is 0 Å². The van der Waals surface area contributed by atoms with Crippen molar-refractivity contribution in [2.75, 3.05) is 20.1 Å². The van der Waals surface area contributed by atoms with Crippen molar-refractivity contribution in [3.8, 4) is 12.3 Å². The van der Waals surface area contributed by atoms with Gasteiger partial charge in [-0.25, -0.2) is 4.98 Å². The largest absolute Gasteiger partial charge is 0.314 e. The quantitative estimate of drug-likeness (QED) is 0.737. The van der Waals surface area contributed by atoms with E-state index in [2.05, 4.69) is 33.4 Å². The standard InChI is InChI=1S/C11H17N3S/c1-4-6-14(5-2)8-10-9-15-11(13-10)7-12-3/h1,9,12H,5-8H2,2-3H3. The Morgan fingerprint density at radius 2 is 2.47 bits per heavy atom. The summed E-state index contributed by atoms with van der Waals surface area (Å²) >= 11 is 1.69. The van der Waals surface area contributed by atoms with Crippen molar-refractivity contribution in [1.82, 2.24) is 15.2 Å². The summed E-state index contributed by atoms with van der Waals surface area (Å²) in [5.74, 6) is 2.66. The van der Waals surface area contributed by atoms with E-state index < -0.39 is 0 Å². The molecule has 1 N–H and O–H groups in total. The van der Waals surface area contributed by atoms with Gasteiger partial charge in [0.15, 0.2) is 0 Å². The van der Waals surface area contributed by atoms with Crippen LogP contribution in [0.4, 0.5) is 0 Å². The van der Waals surface area contributed by atoms with Gasteiger partial charge in [-0.15, -0.1) is 17.8 Å². The Morgan fingerprint density at radius 3 is 3.07 bits per heavy atom. The zero-order valence-corrected chi connectivity index (χ0v) is 10.1. The van der Waals surface area contributed by atoms with Crippen LogP contribution in [0.2, 0.25) is 0 Å². The second kappa shape index (κ2) is 6.57. The van der Waals surface area contributed by atoms with Gasteiger partial charge in [0, 0.05) is 18.5 Å². The number of aromatic nitrogens is 1. The van der Waals surface area contributed by atoms with Gasteiger partial charge in [0.1, 0.15) is 5.01 Å². The van der Waals surface area contributed by atoms with Crippen molar-refractivity contribution >= 4 is 11.3 Å². The first-order valence-electron chi connectivity index (χ1n) is 5.03. The summed E-state index contributed by atoms with van der Waals surface area (Å²) in [7, 11) is 1.93. The minimum atomic E-state index is 0.690. The fourth-order valence-electron chi connectivity index (χ4n) is 1.29. The molecule has 1 aromatic rings. The molecule has 0 aliphatic carbocycles. The Hall–Kier alpha value is -0.890. The second-order valence-electron chi connectivity index (χ2n) is 3.27. The zero-order chi connectivity index (χ0) is 11.1. The topological polar surface area (TPSA) is 28.2 Å². The number of rotatable bonds is 6. The number of terminal acetylenes is 1. The molecule has 0 unspecified atom stereocenters. The highest BCUT2D eigenvalue weighted by molar-refractivity contribution is 7.09. The highest BCUT2D eigenvalue weighted by atomic mass is 32.1. The predicted molar refractivity (Wildman–Crippen MR) is 64.7 cm³/mol. The molecule has 82 valence electrons. The van der Waals surface area contributed by atoms with Crippen LogP contribution in [0, 0.1) is 12.3 Å². The van der Waals surface area contributed by atoms with Crippen LogP contribution >= 0.6 is 11.3 Å². The maximum absolute atomic E-state index is 5.29. The summed E-state index contributed by atoms with van der Waals surface area (Å²) in [6, 6.07) is 0. The minimum Gasteiger partial charge on any atom is -0.314 e. The van der Waals surface area contributed by atoms with Crippen molar-refractivity contribution in [3.05, 3.63) is 16.1 Å². The maximum Gasteiger partial charge on any atom is 0.107 e. The third kappa shape index (κ3) is 4.00. The Morgan fingerprint density at radius 1 is 1.67 bits per heavy atom. The first-order chi connectivity index (χ1) is 7.30. The van der Waals surface area contributed by atoms with Gasteiger partial charge in [0.05, 0.1) is 12.2 Å². The van der Waals surface area contributed by atoms with E-state index in [4.69, 9.17) is 6.42 Å². The van der Waals surface area contributed by atoms with E-state index in [-0.39, 0.29) is 0 Å². The summed E-state index contributed by atoms with van der Waals surface area (Å²) in [4.78, 5) is 6.71. The summed E-state index contributed by atoms with van der Waals surface area (Å²) in [5.41, 5.74) is 1.11. The van der Waals surface area contributed by atoms with Crippen molar-refractivity contribution in [2.24, 2.45) is 0 Å². The molecule has 15 heavy (non-hydrogen) atoms. The number of thiazole rings is 1. The molecule has 1 aromatic heterocycles. The van der Waals surface area contributed by atoms with Gasteiger partial charge in [-0.05, 0) is 13.6 Å². The highest BCUT2D eigenvalue weighted by Gasteiger charge is 2.05. The lowest BCUT2D eigenvalue weighted by atomic mass is 10.4. The Labute approximate surface area is 95.5 Å². The van der Waals surface area contributed by atoms with Gasteiger partial charge in [-0.1, -0.05) is 12.8 Å². The van der Waals surface area contributed by atoms with E-state index in [0.29, 0.717) is 6.54 Å². The zero-order valence-electron chi connectivity index (χ0n) is 9.29. The molecule has 0 saturated heterocycles. The van der Waals surface area contributed by atoms with E-state index in [1.807, 2.05) is 7.05 Å². The fraction of sp³-hybridized carbons (Fsp3) is 0.545. The lowest BCUT2D eigenvalue weighted by molar-refractivity contribution is 0.312. The maximum atomic E-state index is 5.29. The van der Waals surface area contributed by atoms with Crippen LogP contribution in [-0.4, -0.2) is 30.0 Å². The van der Waals surface area contributed by atoms with Crippen LogP contribution in [0.1, 0.15) is 17.6 Å². The molecule has 0 fully saturated rings. The third-order valence-electron chi connectivity index (χ3n) is 2.08. The van der Waals surface area contributed by atoms with Gasteiger partial charge < -0.3 is 5.32 Å². The molecular weight excluding hydrogens is 206 g/mol. The van der Waals surface area contributed by atoms with E-state index in [9.17, 15) is 0 Å². The molecule has 0 amide bonds. The molecule has 0 aromatic carbocycles. The molecule has 0 atom stereocenters. The van der Waals surface area contributed by atoms with Crippen molar-refractivity contribution in [2.45, 2.75) is 20.0 Å². The molecule has 0 aliphatic rings. The Kier molecular flexibility index (Phi) is 5.33. The normalized spacial score (nSPS) is 10.5. The van der Waals surface area contributed by atoms with Crippen molar-refractivity contribution in [1.29, 1.82) is 0 Å². The molecule has 3 nitrogen and oxygen atoms in total. The SMILES string of the molecule is C#CCN(CC)Cc1csc(CNC)n1.